The van der Waals surface area contributed by atoms with Crippen LogP contribution in [0.2, 0.25) is 15.2 Å². The fourth-order valence-electron chi connectivity index (χ4n) is 5.66. The third-order valence-corrected chi connectivity index (χ3v) is 9.46. The molecule has 0 bridgehead atoms. The molecular weight excluding hydrogens is 549 g/mol. The minimum absolute atomic E-state index is 0.0935. The highest BCUT2D eigenvalue weighted by atomic mass is 35.5. The molecule has 1 aromatic heterocycles. The standard InChI is InChI=1S/C28H34Cl3N3O4/c1-27(2)11-7-17(8-12-27)33(16-22(35)23-20(29)5-4-6-21(23)30)25(36)19-15-32-34(24(19)31)18-9-13-28(3,14-10-18)26(37)38/h4-6,15,17-18H,7-14,16H2,1-3H3,(H,37,38)/t18-,28-. The molecule has 0 spiro atoms. The van der Waals surface area contributed by atoms with E-state index in [2.05, 4.69) is 18.9 Å². The van der Waals surface area contributed by atoms with Crippen LogP contribution in [0.4, 0.5) is 0 Å². The Morgan fingerprint density at radius 3 is 2.13 bits per heavy atom. The van der Waals surface area contributed by atoms with Gasteiger partial charge < -0.3 is 10.0 Å². The first-order valence-electron chi connectivity index (χ1n) is 13.1. The zero-order valence-corrected chi connectivity index (χ0v) is 24.2. The van der Waals surface area contributed by atoms with Crippen molar-refractivity contribution in [3.8, 4) is 0 Å². The fraction of sp³-hybridized carbons (Fsp3) is 0.571. The molecule has 0 aliphatic heterocycles. The Balaban J connectivity index is 1.59. The third kappa shape index (κ3) is 5.90. The summed E-state index contributed by atoms with van der Waals surface area (Å²) < 4.78 is 1.63. The Bertz CT molecular complexity index is 1200. The van der Waals surface area contributed by atoms with E-state index >= 15 is 0 Å². The van der Waals surface area contributed by atoms with E-state index in [0.29, 0.717) is 25.7 Å². The van der Waals surface area contributed by atoms with Crippen LogP contribution >= 0.6 is 34.8 Å². The Morgan fingerprint density at radius 2 is 1.58 bits per heavy atom. The van der Waals surface area contributed by atoms with Crippen LogP contribution in [0, 0.1) is 10.8 Å². The van der Waals surface area contributed by atoms with Gasteiger partial charge in [-0.2, -0.15) is 5.10 Å². The summed E-state index contributed by atoms with van der Waals surface area (Å²) in [7, 11) is 0. The number of nitrogens with zero attached hydrogens (tertiary/aromatic N) is 3. The molecular formula is C28H34Cl3N3O4. The Morgan fingerprint density at radius 1 is 1.00 bits per heavy atom. The number of amides is 1. The van der Waals surface area contributed by atoms with Crippen molar-refractivity contribution in [2.24, 2.45) is 10.8 Å². The Labute approximate surface area is 238 Å². The SMILES string of the molecule is CC1(C)CCC(N(CC(=O)c2c(Cl)cccc2Cl)C(=O)c2cnn([C@H]3CC[C@](C)(C(=O)O)CC3)c2Cl)CC1. The average Bonchev–Trinajstić information content (AvgIpc) is 3.24. The second-order valence-electron chi connectivity index (χ2n) is 11.7. The highest BCUT2D eigenvalue weighted by molar-refractivity contribution is 6.40. The van der Waals surface area contributed by atoms with E-state index in [9.17, 15) is 19.5 Å². The van der Waals surface area contributed by atoms with E-state index < -0.39 is 11.4 Å². The topological polar surface area (TPSA) is 92.5 Å². The summed E-state index contributed by atoms with van der Waals surface area (Å²) in [6.45, 7) is 6.01. The van der Waals surface area contributed by atoms with Crippen molar-refractivity contribution in [3.05, 3.63) is 50.7 Å². The number of carboxylic acid groups (broad SMARTS) is 1. The molecule has 2 aromatic rings. The molecule has 4 rings (SSSR count). The summed E-state index contributed by atoms with van der Waals surface area (Å²) in [6.07, 6.45) is 7.07. The van der Waals surface area contributed by atoms with E-state index in [0.717, 1.165) is 25.7 Å². The van der Waals surface area contributed by atoms with Crippen LogP contribution in [-0.2, 0) is 4.79 Å². The molecule has 7 nitrogen and oxygen atoms in total. The van der Waals surface area contributed by atoms with Crippen molar-refractivity contribution >= 4 is 52.5 Å². The van der Waals surface area contributed by atoms with Gasteiger partial charge in [0.05, 0.1) is 45.4 Å². The number of Topliss-reactive ketones (excluding diaryl/α,β-unsaturated/α-hetero) is 1. The molecule has 0 saturated heterocycles. The normalized spacial score (nSPS) is 23.7. The van der Waals surface area contributed by atoms with Crippen molar-refractivity contribution < 1.29 is 19.5 Å². The van der Waals surface area contributed by atoms with Gasteiger partial charge in [-0.25, -0.2) is 0 Å². The first kappa shape index (κ1) is 28.9. The Kier molecular flexibility index (Phi) is 8.51. The number of aliphatic carboxylic acids is 1. The maximum atomic E-state index is 13.9. The molecule has 38 heavy (non-hydrogen) atoms. The van der Waals surface area contributed by atoms with E-state index in [1.807, 2.05) is 0 Å². The Hall–Kier alpha value is -2.09. The largest absolute Gasteiger partial charge is 0.481 e. The lowest BCUT2D eigenvalue weighted by atomic mass is 9.74. The quantitative estimate of drug-likeness (QED) is 0.345. The number of carbonyl (C=O) groups is 3. The number of hydrogen-bond acceptors (Lipinski definition) is 4. The fourth-order valence-corrected chi connectivity index (χ4v) is 6.58. The minimum atomic E-state index is -0.798. The highest BCUT2D eigenvalue weighted by Gasteiger charge is 2.40. The van der Waals surface area contributed by atoms with Crippen LogP contribution in [0.1, 0.15) is 98.9 Å². The van der Waals surface area contributed by atoms with Crippen molar-refractivity contribution in [1.29, 1.82) is 0 Å². The first-order valence-corrected chi connectivity index (χ1v) is 14.2. The van der Waals surface area contributed by atoms with Gasteiger partial charge in [-0.15, -0.1) is 0 Å². The molecule has 1 heterocycles. The number of carboxylic acids is 1. The number of ketones is 1. The summed E-state index contributed by atoms with van der Waals surface area (Å²) in [5.41, 5.74) is -0.146. The van der Waals surface area contributed by atoms with Gasteiger partial charge in [0.25, 0.3) is 5.91 Å². The lowest BCUT2D eigenvalue weighted by Gasteiger charge is -2.40. The number of halogens is 3. The number of carbonyl (C=O) groups excluding carboxylic acids is 2. The van der Waals surface area contributed by atoms with Crippen LogP contribution in [0.25, 0.3) is 0 Å². The molecule has 0 unspecified atom stereocenters. The maximum Gasteiger partial charge on any atom is 0.309 e. The number of aromatic nitrogens is 2. The van der Waals surface area contributed by atoms with Gasteiger partial charge in [-0.05, 0) is 75.8 Å². The summed E-state index contributed by atoms with van der Waals surface area (Å²) in [6, 6.07) is 4.66. The van der Waals surface area contributed by atoms with Gasteiger partial charge in [0, 0.05) is 6.04 Å². The zero-order valence-electron chi connectivity index (χ0n) is 22.0. The van der Waals surface area contributed by atoms with Gasteiger partial charge in [0.1, 0.15) is 5.15 Å². The zero-order chi connectivity index (χ0) is 27.8. The lowest BCUT2D eigenvalue weighted by Crippen LogP contribution is -2.46. The summed E-state index contributed by atoms with van der Waals surface area (Å²) >= 11 is 19.3. The van der Waals surface area contributed by atoms with Crippen LogP contribution in [0.5, 0.6) is 0 Å². The molecule has 1 N–H and O–H groups in total. The summed E-state index contributed by atoms with van der Waals surface area (Å²) in [4.78, 5) is 40.6. The predicted octanol–water partition coefficient (Wildman–Crippen LogP) is 7.34. The van der Waals surface area contributed by atoms with Crippen LogP contribution < -0.4 is 0 Å². The smallest absolute Gasteiger partial charge is 0.309 e. The molecule has 1 amide bonds. The van der Waals surface area contributed by atoms with Crippen molar-refractivity contribution in [2.45, 2.75) is 84.2 Å². The van der Waals surface area contributed by atoms with E-state index in [1.165, 1.54) is 6.20 Å². The van der Waals surface area contributed by atoms with Crippen molar-refractivity contribution in [1.82, 2.24) is 14.7 Å². The van der Waals surface area contributed by atoms with Gasteiger partial charge in [0.15, 0.2) is 5.78 Å². The number of benzene rings is 1. The predicted molar refractivity (Wildman–Crippen MR) is 148 cm³/mol. The maximum absolute atomic E-state index is 13.9. The molecule has 1 aromatic carbocycles. The molecule has 0 atom stereocenters. The van der Waals surface area contributed by atoms with Crippen LogP contribution in [-0.4, -0.2) is 50.0 Å². The third-order valence-electron chi connectivity index (χ3n) is 8.45. The molecule has 2 aliphatic rings. The van der Waals surface area contributed by atoms with Gasteiger partial charge >= 0.3 is 5.97 Å². The molecule has 2 saturated carbocycles. The summed E-state index contributed by atoms with van der Waals surface area (Å²) in [5.74, 6) is -1.48. The number of hydrogen-bond donors (Lipinski definition) is 1. The lowest BCUT2D eigenvalue weighted by molar-refractivity contribution is -0.150. The summed E-state index contributed by atoms with van der Waals surface area (Å²) in [5, 5.41) is 14.7. The van der Waals surface area contributed by atoms with Crippen molar-refractivity contribution in [3.63, 3.8) is 0 Å². The van der Waals surface area contributed by atoms with Crippen LogP contribution in [0.15, 0.2) is 24.4 Å². The van der Waals surface area contributed by atoms with Gasteiger partial charge in [-0.3, -0.25) is 19.1 Å². The molecule has 2 fully saturated rings. The molecule has 10 heteroatoms. The minimum Gasteiger partial charge on any atom is -0.481 e. The second kappa shape index (κ2) is 11.2. The van der Waals surface area contributed by atoms with E-state index in [1.54, 1.807) is 34.7 Å². The molecule has 0 radical (unpaired) electrons. The van der Waals surface area contributed by atoms with Crippen molar-refractivity contribution in [2.75, 3.05) is 6.54 Å². The van der Waals surface area contributed by atoms with Gasteiger partial charge in [-0.1, -0.05) is 54.7 Å². The first-order chi connectivity index (χ1) is 17.8. The molecule has 2 aliphatic carbocycles. The molecule has 206 valence electrons. The second-order valence-corrected chi connectivity index (χ2v) is 12.9. The van der Waals surface area contributed by atoms with Crippen LogP contribution in [0.3, 0.4) is 0 Å². The highest BCUT2D eigenvalue weighted by Crippen LogP contribution is 2.42. The number of rotatable bonds is 7. The van der Waals surface area contributed by atoms with E-state index in [-0.39, 0.29) is 62.1 Å². The van der Waals surface area contributed by atoms with Gasteiger partial charge in [0.2, 0.25) is 0 Å². The average molecular weight is 583 g/mol. The van der Waals surface area contributed by atoms with E-state index in [4.69, 9.17) is 34.8 Å². The monoisotopic (exact) mass is 581 g/mol.